The maximum absolute atomic E-state index is 11.8. The number of likely N-dealkylation sites (N-methyl/N-ethyl adjacent to an activating group) is 1. The number of hydrogen-bond donors (Lipinski definition) is 2. The van der Waals surface area contributed by atoms with E-state index < -0.39 is 0 Å². The van der Waals surface area contributed by atoms with Crippen molar-refractivity contribution in [3.8, 4) is 0 Å². The lowest BCUT2D eigenvalue weighted by Gasteiger charge is -2.16. The maximum Gasteiger partial charge on any atom is 0.321 e. The van der Waals surface area contributed by atoms with Gasteiger partial charge in [-0.2, -0.15) is 0 Å². The molecule has 6 heteroatoms. The third-order valence-electron chi connectivity index (χ3n) is 3.05. The highest BCUT2D eigenvalue weighted by Crippen LogP contribution is 2.13. The molecule has 2 aromatic rings. The van der Waals surface area contributed by atoms with Crippen LogP contribution in [0.15, 0.2) is 47.1 Å². The molecule has 2 N–H and O–H groups in total. The Morgan fingerprint density at radius 1 is 1.32 bits per heavy atom. The Kier molecular flexibility index (Phi) is 6.00. The molecule has 0 radical (unpaired) electrons. The maximum atomic E-state index is 11.8. The number of aliphatic hydroxyl groups excluding tert-OH is 1. The molecule has 0 aliphatic carbocycles. The van der Waals surface area contributed by atoms with E-state index in [0.717, 1.165) is 11.3 Å². The van der Waals surface area contributed by atoms with Gasteiger partial charge in [-0.1, -0.05) is 12.1 Å². The zero-order chi connectivity index (χ0) is 15.8. The Morgan fingerprint density at radius 2 is 2.18 bits per heavy atom. The minimum absolute atomic E-state index is 0.0649. The summed E-state index contributed by atoms with van der Waals surface area (Å²) in [4.78, 5) is 13.3. The fraction of sp³-hybridized carbons (Fsp3) is 0.312. The zero-order valence-corrected chi connectivity index (χ0v) is 12.5. The number of aliphatic hydroxyl groups is 1. The number of anilines is 1. The molecular weight excluding hydrogens is 284 g/mol. The SMILES string of the molecule is CN(CCO)C(=O)Nc1cccc(COCc2ccco2)c1. The van der Waals surface area contributed by atoms with Crippen LogP contribution in [0.1, 0.15) is 11.3 Å². The molecule has 0 bridgehead atoms. The molecular formula is C16H20N2O4. The van der Waals surface area contributed by atoms with E-state index in [2.05, 4.69) is 5.32 Å². The Morgan fingerprint density at radius 3 is 2.91 bits per heavy atom. The van der Waals surface area contributed by atoms with Gasteiger partial charge in [-0.05, 0) is 29.8 Å². The number of carbonyl (C=O) groups excluding carboxylic acids is 1. The molecule has 0 saturated heterocycles. The first-order chi connectivity index (χ1) is 10.7. The summed E-state index contributed by atoms with van der Waals surface area (Å²) in [6, 6.07) is 10.9. The molecule has 0 spiro atoms. The van der Waals surface area contributed by atoms with Gasteiger partial charge in [0.15, 0.2) is 0 Å². The van der Waals surface area contributed by atoms with Gasteiger partial charge in [0.05, 0.1) is 19.5 Å². The van der Waals surface area contributed by atoms with Gasteiger partial charge in [0.25, 0.3) is 0 Å². The highest BCUT2D eigenvalue weighted by molar-refractivity contribution is 5.89. The molecule has 0 saturated carbocycles. The lowest BCUT2D eigenvalue weighted by Crippen LogP contribution is -2.33. The molecule has 2 rings (SSSR count). The summed E-state index contributed by atoms with van der Waals surface area (Å²) in [7, 11) is 1.63. The molecule has 1 aromatic heterocycles. The summed E-state index contributed by atoms with van der Waals surface area (Å²) in [5.74, 6) is 0.773. The van der Waals surface area contributed by atoms with E-state index in [1.807, 2.05) is 30.3 Å². The van der Waals surface area contributed by atoms with Crippen molar-refractivity contribution in [1.82, 2.24) is 4.90 Å². The van der Waals surface area contributed by atoms with Crippen molar-refractivity contribution in [2.45, 2.75) is 13.2 Å². The summed E-state index contributed by atoms with van der Waals surface area (Å²) < 4.78 is 10.7. The summed E-state index contributed by atoms with van der Waals surface area (Å²) in [6.07, 6.45) is 1.61. The number of carbonyl (C=O) groups is 1. The van der Waals surface area contributed by atoms with Crippen molar-refractivity contribution in [2.75, 3.05) is 25.5 Å². The van der Waals surface area contributed by atoms with Crippen LogP contribution in [-0.4, -0.2) is 36.2 Å². The molecule has 6 nitrogen and oxygen atoms in total. The van der Waals surface area contributed by atoms with Gasteiger partial charge in [-0.3, -0.25) is 0 Å². The number of hydrogen-bond acceptors (Lipinski definition) is 4. The van der Waals surface area contributed by atoms with E-state index in [1.54, 1.807) is 19.4 Å². The molecule has 0 fully saturated rings. The Bertz CT molecular complexity index is 584. The van der Waals surface area contributed by atoms with Crippen LogP contribution in [0.4, 0.5) is 10.5 Å². The third kappa shape index (κ3) is 4.91. The summed E-state index contributed by atoms with van der Waals surface area (Å²) in [6.45, 7) is 1.06. The summed E-state index contributed by atoms with van der Waals surface area (Å²) in [5.41, 5.74) is 1.64. The summed E-state index contributed by atoms with van der Waals surface area (Å²) >= 11 is 0. The van der Waals surface area contributed by atoms with Crippen LogP contribution >= 0.6 is 0 Å². The lowest BCUT2D eigenvalue weighted by atomic mass is 10.2. The molecule has 0 unspecified atom stereocenters. The predicted molar refractivity (Wildman–Crippen MR) is 82.4 cm³/mol. The fourth-order valence-corrected chi connectivity index (χ4v) is 1.87. The zero-order valence-electron chi connectivity index (χ0n) is 12.5. The monoisotopic (exact) mass is 304 g/mol. The molecule has 1 heterocycles. The van der Waals surface area contributed by atoms with E-state index in [0.29, 0.717) is 18.9 Å². The Balaban J connectivity index is 1.85. The predicted octanol–water partition coefficient (Wildman–Crippen LogP) is 2.45. The first kappa shape index (κ1) is 16.1. The quantitative estimate of drug-likeness (QED) is 0.824. The molecule has 0 aliphatic rings. The number of urea groups is 1. The number of furan rings is 1. The van der Waals surface area contributed by atoms with Crippen LogP contribution in [0.2, 0.25) is 0 Å². The molecule has 0 atom stereocenters. The Hall–Kier alpha value is -2.31. The highest BCUT2D eigenvalue weighted by Gasteiger charge is 2.08. The average molecular weight is 304 g/mol. The smallest absolute Gasteiger partial charge is 0.321 e. The van der Waals surface area contributed by atoms with Crippen molar-refractivity contribution in [3.05, 3.63) is 54.0 Å². The average Bonchev–Trinajstić information content (AvgIpc) is 3.01. The minimum atomic E-state index is -0.261. The van der Waals surface area contributed by atoms with Gasteiger partial charge in [-0.15, -0.1) is 0 Å². The highest BCUT2D eigenvalue weighted by atomic mass is 16.5. The van der Waals surface area contributed by atoms with Crippen LogP contribution in [0.5, 0.6) is 0 Å². The van der Waals surface area contributed by atoms with Gasteiger partial charge in [-0.25, -0.2) is 4.79 Å². The van der Waals surface area contributed by atoms with Crippen molar-refractivity contribution in [3.63, 3.8) is 0 Å². The lowest BCUT2D eigenvalue weighted by molar-refractivity contribution is 0.0930. The third-order valence-corrected chi connectivity index (χ3v) is 3.05. The molecule has 2 amide bonds. The molecule has 0 aliphatic heterocycles. The van der Waals surface area contributed by atoms with Crippen LogP contribution < -0.4 is 5.32 Å². The van der Waals surface area contributed by atoms with Crippen molar-refractivity contribution >= 4 is 11.7 Å². The van der Waals surface area contributed by atoms with Gasteiger partial charge >= 0.3 is 6.03 Å². The first-order valence-corrected chi connectivity index (χ1v) is 7.01. The number of nitrogens with one attached hydrogen (secondary N) is 1. The van der Waals surface area contributed by atoms with Gasteiger partial charge < -0.3 is 24.5 Å². The van der Waals surface area contributed by atoms with E-state index >= 15 is 0 Å². The second-order valence-corrected chi connectivity index (χ2v) is 4.85. The topological polar surface area (TPSA) is 74.9 Å². The second kappa shape index (κ2) is 8.21. The first-order valence-electron chi connectivity index (χ1n) is 7.01. The van der Waals surface area contributed by atoms with Crippen molar-refractivity contribution < 1.29 is 19.1 Å². The number of ether oxygens (including phenoxy) is 1. The molecule has 118 valence electrons. The van der Waals surface area contributed by atoms with Gasteiger partial charge in [0.2, 0.25) is 0 Å². The number of rotatable bonds is 7. The van der Waals surface area contributed by atoms with E-state index in [-0.39, 0.29) is 19.2 Å². The molecule has 1 aromatic carbocycles. The fourth-order valence-electron chi connectivity index (χ4n) is 1.87. The van der Waals surface area contributed by atoms with Crippen LogP contribution in [0.25, 0.3) is 0 Å². The number of amides is 2. The second-order valence-electron chi connectivity index (χ2n) is 4.85. The van der Waals surface area contributed by atoms with Gasteiger partial charge in [0, 0.05) is 19.3 Å². The van der Waals surface area contributed by atoms with Crippen LogP contribution in [-0.2, 0) is 18.0 Å². The van der Waals surface area contributed by atoms with Crippen molar-refractivity contribution in [2.24, 2.45) is 0 Å². The number of nitrogens with zero attached hydrogens (tertiary/aromatic N) is 1. The van der Waals surface area contributed by atoms with Crippen LogP contribution in [0, 0.1) is 0 Å². The minimum Gasteiger partial charge on any atom is -0.467 e. The van der Waals surface area contributed by atoms with E-state index in [4.69, 9.17) is 14.3 Å². The van der Waals surface area contributed by atoms with Gasteiger partial charge in [0.1, 0.15) is 12.4 Å². The normalized spacial score (nSPS) is 10.5. The van der Waals surface area contributed by atoms with E-state index in [9.17, 15) is 4.79 Å². The standard InChI is InChI=1S/C16H20N2O4/c1-18(7-8-19)16(20)17-14-5-2-4-13(10-14)11-21-12-15-6-3-9-22-15/h2-6,9-10,19H,7-8,11-12H2,1H3,(H,17,20). The van der Waals surface area contributed by atoms with E-state index in [1.165, 1.54) is 4.90 Å². The Labute approximate surface area is 129 Å². The van der Waals surface area contributed by atoms with Crippen LogP contribution in [0.3, 0.4) is 0 Å². The summed E-state index contributed by atoms with van der Waals surface area (Å²) in [5, 5.41) is 11.6. The largest absolute Gasteiger partial charge is 0.467 e. The number of benzene rings is 1. The molecule has 22 heavy (non-hydrogen) atoms. The van der Waals surface area contributed by atoms with Crippen molar-refractivity contribution in [1.29, 1.82) is 0 Å².